The maximum Gasteiger partial charge on any atom is 0.257 e. The molecule has 0 aliphatic rings. The van der Waals surface area contributed by atoms with E-state index in [2.05, 4.69) is 29.7 Å². The van der Waals surface area contributed by atoms with Crippen LogP contribution >= 0.6 is 12.2 Å². The molecule has 5 nitrogen and oxygen atoms in total. The van der Waals surface area contributed by atoms with Crippen LogP contribution in [0.15, 0.2) is 78.9 Å². The first-order valence-corrected chi connectivity index (χ1v) is 12.2. The molecule has 0 aliphatic heterocycles. The summed E-state index contributed by atoms with van der Waals surface area (Å²) in [5.74, 6) is 1.12. The molecule has 0 atom stereocenters. The second kappa shape index (κ2) is 14.0. The molecule has 0 aromatic heterocycles. The second-order valence-electron chi connectivity index (χ2n) is 7.96. The Hall–Kier alpha value is -3.38. The summed E-state index contributed by atoms with van der Waals surface area (Å²) in [6, 6.07) is 24.8. The summed E-state index contributed by atoms with van der Waals surface area (Å²) in [5, 5.41) is 6.00. The minimum Gasteiger partial charge on any atom is -0.494 e. The zero-order valence-electron chi connectivity index (χ0n) is 19.6. The van der Waals surface area contributed by atoms with Crippen LogP contribution in [-0.2, 0) is 6.42 Å². The molecule has 6 heteroatoms. The third kappa shape index (κ3) is 8.87. The number of thiocarbonyl (C=S) groups is 1. The number of nitrogens with one attached hydrogen (secondary N) is 2. The number of hydrogen-bond donors (Lipinski definition) is 2. The molecule has 0 bridgehead atoms. The lowest BCUT2D eigenvalue weighted by molar-refractivity contribution is 0.0977. The molecule has 0 saturated heterocycles. The van der Waals surface area contributed by atoms with Gasteiger partial charge in [-0.3, -0.25) is 10.1 Å². The number of unbranched alkanes of at least 4 members (excludes halogenated alkanes) is 3. The zero-order valence-corrected chi connectivity index (χ0v) is 20.4. The van der Waals surface area contributed by atoms with E-state index in [0.717, 1.165) is 24.3 Å². The van der Waals surface area contributed by atoms with Gasteiger partial charge in [-0.15, -0.1) is 0 Å². The van der Waals surface area contributed by atoms with Gasteiger partial charge in [0.25, 0.3) is 5.91 Å². The van der Waals surface area contributed by atoms with Gasteiger partial charge in [0.1, 0.15) is 11.5 Å². The predicted molar refractivity (Wildman–Crippen MR) is 142 cm³/mol. The van der Waals surface area contributed by atoms with Gasteiger partial charge < -0.3 is 14.8 Å². The summed E-state index contributed by atoms with van der Waals surface area (Å²) < 4.78 is 11.6. The summed E-state index contributed by atoms with van der Waals surface area (Å²) in [5.41, 5.74) is 2.44. The molecule has 0 saturated carbocycles. The van der Waals surface area contributed by atoms with Gasteiger partial charge >= 0.3 is 0 Å². The number of hydrogen-bond acceptors (Lipinski definition) is 4. The van der Waals surface area contributed by atoms with E-state index in [9.17, 15) is 4.79 Å². The fraction of sp³-hybridized carbons (Fsp3) is 0.286. The van der Waals surface area contributed by atoms with Crippen LogP contribution < -0.4 is 20.1 Å². The zero-order chi connectivity index (χ0) is 24.0. The minimum absolute atomic E-state index is 0.223. The molecule has 0 radical (unpaired) electrons. The van der Waals surface area contributed by atoms with Gasteiger partial charge in [-0.05, 0) is 54.5 Å². The van der Waals surface area contributed by atoms with E-state index in [1.165, 1.54) is 24.8 Å². The summed E-state index contributed by atoms with van der Waals surface area (Å²) in [6.45, 7) is 3.41. The smallest absolute Gasteiger partial charge is 0.257 e. The first-order chi connectivity index (χ1) is 16.6. The van der Waals surface area contributed by atoms with Crippen LogP contribution in [0.3, 0.4) is 0 Å². The topological polar surface area (TPSA) is 59.6 Å². The normalized spacial score (nSPS) is 10.4. The lowest BCUT2D eigenvalue weighted by atomic mass is 10.2. The second-order valence-corrected chi connectivity index (χ2v) is 8.37. The summed E-state index contributed by atoms with van der Waals surface area (Å²) >= 11 is 5.33. The summed E-state index contributed by atoms with van der Waals surface area (Å²) in [6.07, 6.45) is 5.43. The molecule has 3 aromatic carbocycles. The Morgan fingerprint density at radius 1 is 0.824 bits per heavy atom. The summed E-state index contributed by atoms with van der Waals surface area (Å²) in [4.78, 5) is 12.7. The van der Waals surface area contributed by atoms with Crippen LogP contribution in [0.5, 0.6) is 11.5 Å². The van der Waals surface area contributed by atoms with Crippen LogP contribution in [0.25, 0.3) is 0 Å². The van der Waals surface area contributed by atoms with Gasteiger partial charge in [0.2, 0.25) is 0 Å². The van der Waals surface area contributed by atoms with Crippen molar-refractivity contribution in [3.05, 3.63) is 90.0 Å². The highest BCUT2D eigenvalue weighted by atomic mass is 32.1. The van der Waals surface area contributed by atoms with Crippen molar-refractivity contribution in [3.8, 4) is 11.5 Å². The SMILES string of the molecule is CCCCCCOc1cccc(NC(=S)NC(=O)c2cccc(OCCc3ccccc3)c2)c1. The number of amides is 1. The Bertz CT molecular complexity index is 1060. The van der Waals surface area contributed by atoms with Gasteiger partial charge in [-0.25, -0.2) is 0 Å². The number of carbonyl (C=O) groups is 1. The van der Waals surface area contributed by atoms with Gasteiger partial charge in [0.15, 0.2) is 5.11 Å². The maximum absolute atomic E-state index is 12.7. The third-order valence-electron chi connectivity index (χ3n) is 5.18. The van der Waals surface area contributed by atoms with E-state index in [1.807, 2.05) is 48.5 Å². The van der Waals surface area contributed by atoms with E-state index < -0.39 is 0 Å². The molecule has 0 fully saturated rings. The molecule has 2 N–H and O–H groups in total. The average Bonchev–Trinajstić information content (AvgIpc) is 2.85. The van der Waals surface area contributed by atoms with Crippen molar-refractivity contribution in [2.24, 2.45) is 0 Å². The lowest BCUT2D eigenvalue weighted by Gasteiger charge is -2.12. The molecule has 34 heavy (non-hydrogen) atoms. The van der Waals surface area contributed by atoms with E-state index in [0.29, 0.717) is 24.5 Å². The monoisotopic (exact) mass is 476 g/mol. The van der Waals surface area contributed by atoms with Gasteiger partial charge in [-0.1, -0.05) is 68.7 Å². The van der Waals surface area contributed by atoms with Crippen LogP contribution in [0, 0.1) is 0 Å². The van der Waals surface area contributed by atoms with E-state index in [1.54, 1.807) is 18.2 Å². The van der Waals surface area contributed by atoms with Crippen LogP contribution in [0.2, 0.25) is 0 Å². The Kier molecular flexibility index (Phi) is 10.4. The maximum atomic E-state index is 12.7. The minimum atomic E-state index is -0.297. The molecular formula is C28H32N2O3S. The average molecular weight is 477 g/mol. The highest BCUT2D eigenvalue weighted by Crippen LogP contribution is 2.18. The highest BCUT2D eigenvalue weighted by molar-refractivity contribution is 7.80. The van der Waals surface area contributed by atoms with Gasteiger partial charge in [0, 0.05) is 23.7 Å². The van der Waals surface area contributed by atoms with Crippen molar-refractivity contribution in [1.29, 1.82) is 0 Å². The van der Waals surface area contributed by atoms with Crippen LogP contribution in [0.1, 0.15) is 48.5 Å². The molecule has 0 spiro atoms. The van der Waals surface area contributed by atoms with Crippen molar-refractivity contribution in [2.45, 2.75) is 39.0 Å². The van der Waals surface area contributed by atoms with Crippen molar-refractivity contribution in [1.82, 2.24) is 5.32 Å². The Morgan fingerprint density at radius 3 is 2.35 bits per heavy atom. The molecule has 3 rings (SSSR count). The molecule has 0 aliphatic carbocycles. The Morgan fingerprint density at radius 2 is 1.56 bits per heavy atom. The van der Waals surface area contributed by atoms with Crippen molar-refractivity contribution in [2.75, 3.05) is 18.5 Å². The Balaban J connectivity index is 1.46. The third-order valence-corrected chi connectivity index (χ3v) is 5.39. The predicted octanol–water partition coefficient (Wildman–Crippen LogP) is 6.39. The fourth-order valence-corrected chi connectivity index (χ4v) is 3.59. The number of carbonyl (C=O) groups excluding carboxylic acids is 1. The number of benzene rings is 3. The fourth-order valence-electron chi connectivity index (χ4n) is 3.38. The summed E-state index contributed by atoms with van der Waals surface area (Å²) in [7, 11) is 0. The van der Waals surface area contributed by atoms with Crippen LogP contribution in [0.4, 0.5) is 5.69 Å². The molecule has 178 valence electrons. The molecule has 1 amide bonds. The first kappa shape index (κ1) is 25.2. The number of rotatable bonds is 12. The number of ether oxygens (including phenoxy) is 2. The van der Waals surface area contributed by atoms with Crippen molar-refractivity contribution >= 4 is 28.9 Å². The molecular weight excluding hydrogens is 444 g/mol. The van der Waals surface area contributed by atoms with Crippen molar-refractivity contribution in [3.63, 3.8) is 0 Å². The van der Waals surface area contributed by atoms with Crippen molar-refractivity contribution < 1.29 is 14.3 Å². The van der Waals surface area contributed by atoms with E-state index >= 15 is 0 Å². The lowest BCUT2D eigenvalue weighted by Crippen LogP contribution is -2.34. The first-order valence-electron chi connectivity index (χ1n) is 11.8. The van der Waals surface area contributed by atoms with Gasteiger partial charge in [-0.2, -0.15) is 0 Å². The van der Waals surface area contributed by atoms with E-state index in [-0.39, 0.29) is 11.0 Å². The van der Waals surface area contributed by atoms with Crippen LogP contribution in [-0.4, -0.2) is 24.2 Å². The Labute approximate surface area is 207 Å². The molecule has 0 unspecified atom stereocenters. The standard InChI is InChI=1S/C28H32N2O3S/c1-2-3-4-8-18-32-26-16-10-14-24(21-26)29-28(34)30-27(31)23-13-9-15-25(20-23)33-19-17-22-11-6-5-7-12-22/h5-7,9-16,20-21H,2-4,8,17-19H2,1H3,(H2,29,30,31,34). The molecule has 0 heterocycles. The largest absolute Gasteiger partial charge is 0.494 e. The quantitative estimate of drug-likeness (QED) is 0.234. The molecule has 3 aromatic rings. The van der Waals surface area contributed by atoms with E-state index in [4.69, 9.17) is 21.7 Å². The number of anilines is 1. The van der Waals surface area contributed by atoms with Gasteiger partial charge in [0.05, 0.1) is 13.2 Å². The highest BCUT2D eigenvalue weighted by Gasteiger charge is 2.10.